The van der Waals surface area contributed by atoms with Crippen molar-refractivity contribution in [3.05, 3.63) is 0 Å². The fourth-order valence-corrected chi connectivity index (χ4v) is 7.09. The van der Waals surface area contributed by atoms with Crippen molar-refractivity contribution in [3.63, 3.8) is 0 Å². The molecule has 288 valence electrons. The predicted molar refractivity (Wildman–Crippen MR) is 195 cm³/mol. The van der Waals surface area contributed by atoms with E-state index in [1.165, 1.54) is 116 Å². The van der Waals surface area contributed by atoms with Crippen LogP contribution in [0.3, 0.4) is 0 Å². The zero-order valence-corrected chi connectivity index (χ0v) is 31.3. The van der Waals surface area contributed by atoms with Gasteiger partial charge in [0.15, 0.2) is 13.1 Å². The van der Waals surface area contributed by atoms with E-state index in [0.717, 1.165) is 77.0 Å². The summed E-state index contributed by atoms with van der Waals surface area (Å²) in [6.45, 7) is 1.03. The number of aliphatic carboxylic acids is 4. The Hall–Kier alpha value is -2.16. The van der Waals surface area contributed by atoms with Gasteiger partial charge in [0, 0.05) is 12.4 Å². The average Bonchev–Trinajstić information content (AvgIpc) is 3.03. The second-order valence-corrected chi connectivity index (χ2v) is 14.8. The molecule has 0 aliphatic heterocycles. The van der Waals surface area contributed by atoms with Crippen LogP contribution in [0.4, 0.5) is 0 Å². The number of rotatable bonds is 40. The highest BCUT2D eigenvalue weighted by atomic mass is 16.4. The second-order valence-electron chi connectivity index (χ2n) is 14.8. The normalized spacial score (nSPS) is 11.6. The third-order valence-corrected chi connectivity index (χ3v) is 9.98. The molecule has 0 heterocycles. The summed E-state index contributed by atoms with van der Waals surface area (Å²) in [5.74, 6) is -3.46. The number of carboxylic acids is 4. The first kappa shape index (κ1) is 46.8. The van der Waals surface area contributed by atoms with E-state index in [4.69, 9.17) is 5.11 Å². The van der Waals surface area contributed by atoms with Gasteiger partial charge in [-0.3, -0.25) is 4.79 Å². The van der Waals surface area contributed by atoms with Crippen molar-refractivity contribution in [1.29, 1.82) is 0 Å². The van der Waals surface area contributed by atoms with Gasteiger partial charge in [-0.2, -0.15) is 0 Å². The molecule has 0 spiro atoms. The Morgan fingerprint density at radius 2 is 0.551 bits per heavy atom. The quantitative estimate of drug-likeness (QED) is 0.0423. The van der Waals surface area contributed by atoms with Gasteiger partial charge in [0.2, 0.25) is 0 Å². The SMILES string of the molecule is O=C([O-])CCCCCCCCCCCCCCCCC[N+](CCCCCCCCCCCCCCCCCC(=O)O)(CC(=O)O)CC(=O)O. The molecule has 0 unspecified atom stereocenters. The summed E-state index contributed by atoms with van der Waals surface area (Å²) in [4.78, 5) is 44.4. The maximum absolute atomic E-state index is 11.7. The zero-order valence-electron chi connectivity index (χ0n) is 31.3. The molecule has 0 saturated heterocycles. The summed E-state index contributed by atoms with van der Waals surface area (Å²) < 4.78 is 0.160. The molecule has 0 aromatic carbocycles. The maximum Gasteiger partial charge on any atom is 0.359 e. The van der Waals surface area contributed by atoms with E-state index < -0.39 is 23.9 Å². The Morgan fingerprint density at radius 1 is 0.327 bits per heavy atom. The molecule has 0 fully saturated rings. The molecule has 49 heavy (non-hydrogen) atoms. The molecular weight excluding hydrogens is 622 g/mol. The average molecular weight is 698 g/mol. The van der Waals surface area contributed by atoms with Crippen LogP contribution >= 0.6 is 0 Å². The van der Waals surface area contributed by atoms with Crippen molar-refractivity contribution in [2.45, 2.75) is 205 Å². The Kier molecular flexibility index (Phi) is 32.8. The van der Waals surface area contributed by atoms with Crippen LogP contribution in [-0.4, -0.2) is 69.9 Å². The van der Waals surface area contributed by atoms with Gasteiger partial charge in [-0.15, -0.1) is 0 Å². The van der Waals surface area contributed by atoms with Gasteiger partial charge >= 0.3 is 17.9 Å². The fourth-order valence-electron chi connectivity index (χ4n) is 7.09. The minimum Gasteiger partial charge on any atom is -0.550 e. The van der Waals surface area contributed by atoms with Crippen molar-refractivity contribution < 1.29 is 44.1 Å². The van der Waals surface area contributed by atoms with E-state index in [9.17, 15) is 34.5 Å². The number of hydrogen-bond donors (Lipinski definition) is 3. The molecule has 0 radical (unpaired) electrons. The van der Waals surface area contributed by atoms with Gasteiger partial charge in [0.1, 0.15) is 0 Å². The highest BCUT2D eigenvalue weighted by Crippen LogP contribution is 2.18. The number of carbonyl (C=O) groups is 4. The highest BCUT2D eigenvalue weighted by molar-refractivity contribution is 5.70. The molecular formula is C40H75NO8. The topological polar surface area (TPSA) is 152 Å². The molecule has 0 aliphatic rings. The van der Waals surface area contributed by atoms with Crippen molar-refractivity contribution in [2.75, 3.05) is 26.2 Å². The standard InChI is InChI=1S/C40H75NO8/c42-37(43)31-27-23-19-15-11-7-3-1-5-9-13-17-21-25-29-33-41(35-39(46)47,36-40(48)49)34-30-26-22-18-14-10-6-2-4-8-12-16-20-24-28-32-38(44)45/h1-36H2,(H3-,42,43,44,45,46,47,48,49). The molecule has 0 saturated carbocycles. The summed E-state index contributed by atoms with van der Waals surface area (Å²) in [5.41, 5.74) is 0. The van der Waals surface area contributed by atoms with Gasteiger partial charge in [0.05, 0.1) is 13.1 Å². The number of nitrogens with zero attached hydrogens (tertiary/aromatic N) is 1. The molecule has 0 atom stereocenters. The molecule has 0 aromatic heterocycles. The number of hydrogen-bond acceptors (Lipinski definition) is 5. The lowest BCUT2D eigenvalue weighted by Gasteiger charge is -2.36. The molecule has 0 aromatic rings. The molecule has 0 rings (SSSR count). The van der Waals surface area contributed by atoms with E-state index >= 15 is 0 Å². The van der Waals surface area contributed by atoms with E-state index in [0.29, 0.717) is 19.5 Å². The number of carbonyl (C=O) groups excluding carboxylic acids is 1. The molecule has 9 nitrogen and oxygen atoms in total. The van der Waals surface area contributed by atoms with Crippen LogP contribution in [0.15, 0.2) is 0 Å². The predicted octanol–water partition coefficient (Wildman–Crippen LogP) is 9.29. The number of carboxylic acid groups (broad SMARTS) is 4. The molecule has 0 amide bonds. The first-order valence-electron chi connectivity index (χ1n) is 20.4. The molecule has 0 bridgehead atoms. The van der Waals surface area contributed by atoms with Crippen LogP contribution in [0, 0.1) is 0 Å². The lowest BCUT2D eigenvalue weighted by molar-refractivity contribution is -0.915. The smallest absolute Gasteiger partial charge is 0.359 e. The number of quaternary nitrogens is 1. The first-order chi connectivity index (χ1) is 23.7. The van der Waals surface area contributed by atoms with Gasteiger partial charge < -0.3 is 29.7 Å². The summed E-state index contributed by atoms with van der Waals surface area (Å²) in [6, 6.07) is 0. The second kappa shape index (κ2) is 34.3. The molecule has 0 aliphatic carbocycles. The van der Waals surface area contributed by atoms with Crippen molar-refractivity contribution >= 4 is 23.9 Å². The van der Waals surface area contributed by atoms with Gasteiger partial charge in [-0.25, -0.2) is 9.59 Å². The summed E-state index contributed by atoms with van der Waals surface area (Å²) in [5, 5.41) is 38.3. The Labute approximate surface area is 299 Å². The van der Waals surface area contributed by atoms with Crippen LogP contribution in [0.1, 0.15) is 205 Å². The summed E-state index contributed by atoms with van der Waals surface area (Å²) in [6.07, 6.45) is 34.7. The lowest BCUT2D eigenvalue weighted by atomic mass is 10.0. The Bertz CT molecular complexity index is 752. The number of unbranched alkanes of at least 4 members (excludes halogenated alkanes) is 28. The van der Waals surface area contributed by atoms with Gasteiger partial charge in [-0.1, -0.05) is 154 Å². The summed E-state index contributed by atoms with van der Waals surface area (Å²) >= 11 is 0. The van der Waals surface area contributed by atoms with Crippen LogP contribution < -0.4 is 5.11 Å². The Balaban J connectivity index is 3.92. The summed E-state index contributed by atoms with van der Waals surface area (Å²) in [7, 11) is 0. The van der Waals surface area contributed by atoms with E-state index in [2.05, 4.69) is 0 Å². The minimum atomic E-state index is -0.943. The highest BCUT2D eigenvalue weighted by Gasteiger charge is 2.32. The zero-order chi connectivity index (χ0) is 36.3. The van der Waals surface area contributed by atoms with Gasteiger partial charge in [0.25, 0.3) is 0 Å². The Morgan fingerprint density at radius 3 is 0.776 bits per heavy atom. The molecule has 3 N–H and O–H groups in total. The van der Waals surface area contributed by atoms with Crippen LogP contribution in [0.2, 0.25) is 0 Å². The largest absolute Gasteiger partial charge is 0.550 e. The van der Waals surface area contributed by atoms with E-state index in [1.54, 1.807) is 0 Å². The van der Waals surface area contributed by atoms with Crippen LogP contribution in [0.25, 0.3) is 0 Å². The van der Waals surface area contributed by atoms with E-state index in [1.807, 2.05) is 0 Å². The van der Waals surface area contributed by atoms with Crippen molar-refractivity contribution in [3.8, 4) is 0 Å². The third kappa shape index (κ3) is 35.5. The van der Waals surface area contributed by atoms with Crippen molar-refractivity contribution in [2.24, 2.45) is 0 Å². The van der Waals surface area contributed by atoms with E-state index in [-0.39, 0.29) is 24.0 Å². The first-order valence-corrected chi connectivity index (χ1v) is 20.4. The molecule has 9 heteroatoms. The monoisotopic (exact) mass is 698 g/mol. The maximum atomic E-state index is 11.7. The van der Waals surface area contributed by atoms with Gasteiger partial charge in [-0.05, 0) is 44.9 Å². The van der Waals surface area contributed by atoms with Crippen molar-refractivity contribution in [1.82, 2.24) is 0 Å². The minimum absolute atomic E-state index is 0.112. The lowest BCUT2D eigenvalue weighted by Crippen LogP contribution is -2.55. The van der Waals surface area contributed by atoms with Crippen LogP contribution in [0.5, 0.6) is 0 Å². The fraction of sp³-hybridized carbons (Fsp3) is 0.900. The third-order valence-electron chi connectivity index (χ3n) is 9.98. The van der Waals surface area contributed by atoms with Crippen LogP contribution in [-0.2, 0) is 19.2 Å².